The minimum Gasteiger partial charge on any atom is -0.367 e. The maximum Gasteiger partial charge on any atom is 0.411 e. The number of alkyl halides is 3. The van der Waals surface area contributed by atoms with Gasteiger partial charge in [-0.3, -0.25) is 0 Å². The van der Waals surface area contributed by atoms with Crippen molar-refractivity contribution in [2.75, 3.05) is 20.2 Å². The molecule has 0 aromatic carbocycles. The Bertz CT molecular complexity index is 161. The van der Waals surface area contributed by atoms with E-state index in [2.05, 4.69) is 0 Å². The van der Waals surface area contributed by atoms with Gasteiger partial charge in [0.05, 0.1) is 6.10 Å². The predicted molar refractivity (Wildman–Crippen MR) is 42.5 cm³/mol. The van der Waals surface area contributed by atoms with Gasteiger partial charge >= 0.3 is 6.18 Å². The number of nitrogens with zero attached hydrogens (tertiary/aromatic N) is 1. The maximum atomic E-state index is 11.8. The molecule has 0 spiro atoms. The summed E-state index contributed by atoms with van der Waals surface area (Å²) >= 11 is 0. The topological polar surface area (TPSA) is 12.5 Å². The van der Waals surface area contributed by atoms with Crippen LogP contribution in [-0.2, 0) is 4.74 Å². The lowest BCUT2D eigenvalue weighted by molar-refractivity contribution is -0.183. The molecule has 5 heteroatoms. The van der Waals surface area contributed by atoms with Crippen molar-refractivity contribution in [1.29, 1.82) is 0 Å². The molecule has 0 aromatic rings. The fourth-order valence-electron chi connectivity index (χ4n) is 1.47. The second-order valence-electron chi connectivity index (χ2n) is 3.57. The summed E-state index contributed by atoms with van der Waals surface area (Å²) in [6, 6.07) is 0.318. The van der Waals surface area contributed by atoms with Crippen LogP contribution in [0.4, 0.5) is 13.2 Å². The summed E-state index contributed by atoms with van der Waals surface area (Å²) in [5.41, 5.74) is 0. The molecular weight excluding hydrogens is 183 g/mol. The molecule has 2 nitrogen and oxygen atoms in total. The Hall–Kier alpha value is -0.290. The molecule has 0 aliphatic carbocycles. The Morgan fingerprint density at radius 3 is 2.46 bits per heavy atom. The van der Waals surface area contributed by atoms with Gasteiger partial charge in [0.2, 0.25) is 0 Å². The van der Waals surface area contributed by atoms with Gasteiger partial charge in [0, 0.05) is 12.6 Å². The lowest BCUT2D eigenvalue weighted by Crippen LogP contribution is -2.26. The van der Waals surface area contributed by atoms with Gasteiger partial charge in [-0.05, 0) is 20.4 Å². The molecule has 1 aliphatic rings. The van der Waals surface area contributed by atoms with Crippen molar-refractivity contribution in [3.05, 3.63) is 0 Å². The van der Waals surface area contributed by atoms with Crippen LogP contribution in [0, 0.1) is 0 Å². The number of halogens is 3. The zero-order valence-electron chi connectivity index (χ0n) is 7.77. The molecule has 0 saturated carbocycles. The molecule has 13 heavy (non-hydrogen) atoms. The van der Waals surface area contributed by atoms with Gasteiger partial charge in [-0.15, -0.1) is 0 Å². The summed E-state index contributed by atoms with van der Waals surface area (Å²) in [4.78, 5) is 2.00. The third-order valence-electron chi connectivity index (χ3n) is 2.33. The number of hydrogen-bond acceptors (Lipinski definition) is 2. The molecule has 78 valence electrons. The average Bonchev–Trinajstić information content (AvgIpc) is 2.27. The molecule has 1 fully saturated rings. The summed E-state index contributed by atoms with van der Waals surface area (Å²) in [7, 11) is 1.89. The lowest BCUT2D eigenvalue weighted by atomic mass is 10.2. The van der Waals surface area contributed by atoms with E-state index >= 15 is 0 Å². The van der Waals surface area contributed by atoms with E-state index in [1.54, 1.807) is 0 Å². The highest BCUT2D eigenvalue weighted by molar-refractivity contribution is 4.80. The highest BCUT2D eigenvalue weighted by Gasteiger charge is 2.32. The van der Waals surface area contributed by atoms with E-state index in [1.807, 2.05) is 18.9 Å². The maximum absolute atomic E-state index is 11.8. The minimum absolute atomic E-state index is 0.262. The van der Waals surface area contributed by atoms with Gasteiger partial charge in [-0.25, -0.2) is 0 Å². The normalized spacial score (nSPS) is 31.2. The van der Waals surface area contributed by atoms with Gasteiger partial charge in [0.15, 0.2) is 0 Å². The van der Waals surface area contributed by atoms with Gasteiger partial charge in [0.1, 0.15) is 6.61 Å². The van der Waals surface area contributed by atoms with Gasteiger partial charge in [-0.1, -0.05) is 0 Å². The van der Waals surface area contributed by atoms with Crippen molar-refractivity contribution < 1.29 is 17.9 Å². The predicted octanol–water partition coefficient (Wildman–Crippen LogP) is 1.66. The van der Waals surface area contributed by atoms with E-state index in [1.165, 1.54) is 0 Å². The molecule has 1 heterocycles. The van der Waals surface area contributed by atoms with Crippen LogP contribution in [0.3, 0.4) is 0 Å². The zero-order chi connectivity index (χ0) is 10.1. The second-order valence-corrected chi connectivity index (χ2v) is 3.57. The summed E-state index contributed by atoms with van der Waals surface area (Å²) in [5, 5.41) is 0. The van der Waals surface area contributed by atoms with E-state index < -0.39 is 12.8 Å². The molecule has 0 aromatic heterocycles. The van der Waals surface area contributed by atoms with Crippen LogP contribution in [0.2, 0.25) is 0 Å². The lowest BCUT2D eigenvalue weighted by Gasteiger charge is -2.13. The second kappa shape index (κ2) is 3.84. The molecule has 0 radical (unpaired) electrons. The molecule has 0 N–H and O–H groups in total. The van der Waals surface area contributed by atoms with Crippen LogP contribution in [0.5, 0.6) is 0 Å². The van der Waals surface area contributed by atoms with Gasteiger partial charge < -0.3 is 9.64 Å². The number of likely N-dealkylation sites (N-methyl/N-ethyl adjacent to an activating group) is 1. The Labute approximate surface area is 75.7 Å². The fourth-order valence-corrected chi connectivity index (χ4v) is 1.47. The number of ether oxygens (including phenoxy) is 1. The monoisotopic (exact) mass is 197 g/mol. The van der Waals surface area contributed by atoms with E-state index in [-0.39, 0.29) is 6.10 Å². The largest absolute Gasteiger partial charge is 0.411 e. The molecular formula is C8H14F3NO. The number of hydrogen-bond donors (Lipinski definition) is 0. The van der Waals surface area contributed by atoms with Crippen LogP contribution < -0.4 is 0 Å². The summed E-state index contributed by atoms with van der Waals surface area (Å²) < 4.78 is 40.0. The standard InChI is InChI=1S/C8H14F3NO/c1-6-3-7(4-12(6)2)13-5-8(9,10)11/h6-7H,3-5H2,1-2H3/t6-,7?/m1/s1. The summed E-state index contributed by atoms with van der Waals surface area (Å²) in [5.74, 6) is 0. The minimum atomic E-state index is -4.20. The molecule has 1 aliphatic heterocycles. The molecule has 1 saturated heterocycles. The van der Waals surface area contributed by atoms with E-state index in [0.29, 0.717) is 19.0 Å². The molecule has 1 rings (SSSR count). The summed E-state index contributed by atoms with van der Waals surface area (Å²) in [6.45, 7) is 1.45. The third-order valence-corrected chi connectivity index (χ3v) is 2.33. The van der Waals surface area contributed by atoms with Crippen molar-refractivity contribution in [2.24, 2.45) is 0 Å². The quantitative estimate of drug-likeness (QED) is 0.667. The van der Waals surface area contributed by atoms with E-state index in [9.17, 15) is 13.2 Å². The molecule has 1 unspecified atom stereocenters. The van der Waals surface area contributed by atoms with Crippen molar-refractivity contribution in [3.63, 3.8) is 0 Å². The molecule has 0 bridgehead atoms. The van der Waals surface area contributed by atoms with Crippen molar-refractivity contribution in [2.45, 2.75) is 31.7 Å². The first-order chi connectivity index (χ1) is 5.88. The Morgan fingerprint density at radius 2 is 2.08 bits per heavy atom. The summed E-state index contributed by atoms with van der Waals surface area (Å²) in [6.07, 6.45) is -3.78. The Morgan fingerprint density at radius 1 is 1.46 bits per heavy atom. The highest BCUT2D eigenvalue weighted by Crippen LogP contribution is 2.21. The number of likely N-dealkylation sites (tertiary alicyclic amines) is 1. The van der Waals surface area contributed by atoms with Crippen LogP contribution in [0.1, 0.15) is 13.3 Å². The van der Waals surface area contributed by atoms with Crippen molar-refractivity contribution in [3.8, 4) is 0 Å². The van der Waals surface area contributed by atoms with E-state index in [0.717, 1.165) is 0 Å². The van der Waals surface area contributed by atoms with Gasteiger partial charge in [0.25, 0.3) is 0 Å². The van der Waals surface area contributed by atoms with E-state index in [4.69, 9.17) is 4.74 Å². The zero-order valence-corrected chi connectivity index (χ0v) is 7.77. The first-order valence-electron chi connectivity index (χ1n) is 4.27. The van der Waals surface area contributed by atoms with Crippen LogP contribution in [-0.4, -0.2) is 43.4 Å². The molecule has 2 atom stereocenters. The first-order valence-corrected chi connectivity index (χ1v) is 4.27. The van der Waals surface area contributed by atoms with Crippen molar-refractivity contribution >= 4 is 0 Å². The molecule has 0 amide bonds. The highest BCUT2D eigenvalue weighted by atomic mass is 19.4. The van der Waals surface area contributed by atoms with Crippen LogP contribution in [0.15, 0.2) is 0 Å². The third kappa shape index (κ3) is 3.52. The Balaban J connectivity index is 2.25. The smallest absolute Gasteiger partial charge is 0.367 e. The average molecular weight is 197 g/mol. The SMILES string of the molecule is C[C@@H]1CC(OCC(F)(F)F)CN1C. The Kier molecular flexibility index (Phi) is 3.18. The van der Waals surface area contributed by atoms with Crippen LogP contribution >= 0.6 is 0 Å². The number of rotatable bonds is 2. The fraction of sp³-hybridized carbons (Fsp3) is 1.00. The first kappa shape index (κ1) is 10.8. The van der Waals surface area contributed by atoms with Crippen molar-refractivity contribution in [1.82, 2.24) is 4.90 Å². The van der Waals surface area contributed by atoms with Gasteiger partial charge in [-0.2, -0.15) is 13.2 Å². The van der Waals surface area contributed by atoms with Crippen LogP contribution in [0.25, 0.3) is 0 Å².